The molecule has 74 valence electrons. The Labute approximate surface area is 85.8 Å². The van der Waals surface area contributed by atoms with Crippen LogP contribution in [0, 0.1) is 12.3 Å². The first-order valence-corrected chi connectivity index (χ1v) is 4.90. The minimum Gasteiger partial charge on any atom is -0.241 e. The molecule has 0 fully saturated rings. The van der Waals surface area contributed by atoms with E-state index in [0.717, 1.165) is 18.7 Å². The average Bonchev–Trinajstić information content (AvgIpc) is 2.18. The second-order valence-corrected chi connectivity index (χ2v) is 4.04. The van der Waals surface area contributed by atoms with Gasteiger partial charge in [-0.3, -0.25) is 0 Å². The van der Waals surface area contributed by atoms with Gasteiger partial charge in [0.25, 0.3) is 0 Å². The maximum Gasteiger partial charge on any atom is 0.135 e. The summed E-state index contributed by atoms with van der Waals surface area (Å²) in [5.41, 5.74) is 0.681. The average molecular weight is 188 g/mol. The van der Waals surface area contributed by atoms with Crippen LogP contribution in [0.3, 0.4) is 0 Å². The minimum absolute atomic E-state index is 0.0155. The number of hydrogen-bond donors (Lipinski definition) is 0. The van der Waals surface area contributed by atoms with E-state index in [-0.39, 0.29) is 5.41 Å². The van der Waals surface area contributed by atoms with E-state index in [1.807, 2.05) is 0 Å². The van der Waals surface area contributed by atoms with Crippen molar-refractivity contribution in [3.63, 3.8) is 0 Å². The summed E-state index contributed by atoms with van der Waals surface area (Å²) in [5, 5.41) is 0. The van der Waals surface area contributed by atoms with Gasteiger partial charge >= 0.3 is 0 Å². The molecule has 14 heavy (non-hydrogen) atoms. The standard InChI is InChI=1S/C12H16N2/c1-5-8-12(3,4)11-13-9-7-10(6-2)14-11/h2,7,9H,5,8H2,1,3-4H3. The molecule has 0 saturated carbocycles. The van der Waals surface area contributed by atoms with E-state index in [1.54, 1.807) is 12.3 Å². The van der Waals surface area contributed by atoms with Crippen LogP contribution in [0.15, 0.2) is 12.3 Å². The van der Waals surface area contributed by atoms with Gasteiger partial charge < -0.3 is 0 Å². The zero-order valence-corrected chi connectivity index (χ0v) is 9.04. The summed E-state index contributed by atoms with van der Waals surface area (Å²) in [6.07, 6.45) is 9.22. The van der Waals surface area contributed by atoms with E-state index in [4.69, 9.17) is 6.42 Å². The molecule has 0 aliphatic carbocycles. The Morgan fingerprint density at radius 1 is 1.50 bits per heavy atom. The van der Waals surface area contributed by atoms with Gasteiger partial charge in [0.05, 0.1) is 0 Å². The molecular formula is C12H16N2. The Kier molecular flexibility index (Phi) is 3.24. The van der Waals surface area contributed by atoms with E-state index in [0.29, 0.717) is 5.69 Å². The fourth-order valence-corrected chi connectivity index (χ4v) is 1.50. The highest BCUT2D eigenvalue weighted by molar-refractivity contribution is 5.24. The van der Waals surface area contributed by atoms with Crippen LogP contribution < -0.4 is 0 Å². The number of nitrogens with zero attached hydrogens (tertiary/aromatic N) is 2. The van der Waals surface area contributed by atoms with Crippen molar-refractivity contribution in [2.24, 2.45) is 0 Å². The first-order valence-electron chi connectivity index (χ1n) is 4.90. The van der Waals surface area contributed by atoms with Gasteiger partial charge in [-0.2, -0.15) is 0 Å². The van der Waals surface area contributed by atoms with E-state index >= 15 is 0 Å². The summed E-state index contributed by atoms with van der Waals surface area (Å²) in [7, 11) is 0. The Balaban J connectivity index is 3.01. The molecule has 1 rings (SSSR count). The molecule has 1 aromatic heterocycles. The van der Waals surface area contributed by atoms with Gasteiger partial charge in [0.1, 0.15) is 11.5 Å². The van der Waals surface area contributed by atoms with Crippen molar-refractivity contribution in [1.29, 1.82) is 0 Å². The SMILES string of the molecule is C#Cc1ccnc(C(C)(C)CCC)n1. The summed E-state index contributed by atoms with van der Waals surface area (Å²) < 4.78 is 0. The molecule has 0 unspecified atom stereocenters. The van der Waals surface area contributed by atoms with Crippen molar-refractivity contribution >= 4 is 0 Å². The third-order valence-electron chi connectivity index (χ3n) is 2.28. The van der Waals surface area contributed by atoms with Crippen LogP contribution in [0.25, 0.3) is 0 Å². The number of terminal acetylenes is 1. The van der Waals surface area contributed by atoms with E-state index in [1.165, 1.54) is 0 Å². The maximum atomic E-state index is 5.30. The Morgan fingerprint density at radius 2 is 2.21 bits per heavy atom. The molecular weight excluding hydrogens is 172 g/mol. The highest BCUT2D eigenvalue weighted by atomic mass is 14.9. The normalized spacial score (nSPS) is 11.0. The fraction of sp³-hybridized carbons (Fsp3) is 0.500. The lowest BCUT2D eigenvalue weighted by Crippen LogP contribution is -2.20. The zero-order chi connectivity index (χ0) is 10.6. The van der Waals surface area contributed by atoms with Crippen molar-refractivity contribution in [3.05, 3.63) is 23.8 Å². The van der Waals surface area contributed by atoms with Gasteiger partial charge in [0.15, 0.2) is 0 Å². The third-order valence-corrected chi connectivity index (χ3v) is 2.28. The van der Waals surface area contributed by atoms with E-state index < -0.39 is 0 Å². The zero-order valence-electron chi connectivity index (χ0n) is 9.04. The van der Waals surface area contributed by atoms with Crippen LogP contribution in [0.2, 0.25) is 0 Å². The lowest BCUT2D eigenvalue weighted by atomic mass is 9.87. The molecule has 1 heterocycles. The topological polar surface area (TPSA) is 25.8 Å². The van der Waals surface area contributed by atoms with Crippen molar-refractivity contribution in [1.82, 2.24) is 9.97 Å². The molecule has 1 aromatic rings. The summed E-state index contributed by atoms with van der Waals surface area (Å²) in [5.74, 6) is 3.37. The van der Waals surface area contributed by atoms with Gasteiger partial charge in [-0.15, -0.1) is 6.42 Å². The molecule has 2 nitrogen and oxygen atoms in total. The third kappa shape index (κ3) is 2.32. The molecule has 0 atom stereocenters. The van der Waals surface area contributed by atoms with E-state index in [2.05, 4.69) is 36.7 Å². The summed E-state index contributed by atoms with van der Waals surface area (Å²) in [6.45, 7) is 6.45. The van der Waals surface area contributed by atoms with Gasteiger partial charge in [-0.25, -0.2) is 9.97 Å². The smallest absolute Gasteiger partial charge is 0.135 e. The molecule has 0 saturated heterocycles. The minimum atomic E-state index is 0.0155. The molecule has 0 N–H and O–H groups in total. The molecule has 0 spiro atoms. The Morgan fingerprint density at radius 3 is 2.79 bits per heavy atom. The second-order valence-electron chi connectivity index (χ2n) is 4.04. The Bertz CT molecular complexity index is 348. The van der Waals surface area contributed by atoms with Crippen molar-refractivity contribution in [3.8, 4) is 12.3 Å². The van der Waals surface area contributed by atoms with Gasteiger partial charge in [0.2, 0.25) is 0 Å². The lowest BCUT2D eigenvalue weighted by Gasteiger charge is -2.21. The van der Waals surface area contributed by atoms with Gasteiger partial charge in [0, 0.05) is 11.6 Å². The van der Waals surface area contributed by atoms with Gasteiger partial charge in [-0.1, -0.05) is 33.1 Å². The van der Waals surface area contributed by atoms with E-state index in [9.17, 15) is 0 Å². The molecule has 0 aromatic carbocycles. The van der Waals surface area contributed by atoms with Crippen LogP contribution in [0.1, 0.15) is 45.1 Å². The number of aromatic nitrogens is 2. The van der Waals surface area contributed by atoms with Crippen LogP contribution in [0.4, 0.5) is 0 Å². The monoisotopic (exact) mass is 188 g/mol. The van der Waals surface area contributed by atoms with Crippen LogP contribution >= 0.6 is 0 Å². The largest absolute Gasteiger partial charge is 0.241 e. The first kappa shape index (κ1) is 10.7. The summed E-state index contributed by atoms with van der Waals surface area (Å²) in [4.78, 5) is 8.61. The molecule has 0 aliphatic rings. The molecule has 0 bridgehead atoms. The quantitative estimate of drug-likeness (QED) is 0.681. The predicted octanol–water partition coefficient (Wildman–Crippen LogP) is 2.54. The van der Waals surface area contributed by atoms with Crippen molar-refractivity contribution < 1.29 is 0 Å². The number of rotatable bonds is 3. The second kappa shape index (κ2) is 4.23. The first-order chi connectivity index (χ1) is 6.60. The van der Waals surface area contributed by atoms with Crippen molar-refractivity contribution in [2.45, 2.75) is 39.0 Å². The maximum absolute atomic E-state index is 5.30. The summed E-state index contributed by atoms with van der Waals surface area (Å²) >= 11 is 0. The highest BCUT2D eigenvalue weighted by Gasteiger charge is 2.22. The Hall–Kier alpha value is -1.36. The highest BCUT2D eigenvalue weighted by Crippen LogP contribution is 2.24. The number of hydrogen-bond acceptors (Lipinski definition) is 2. The molecule has 0 radical (unpaired) electrons. The molecule has 0 aliphatic heterocycles. The molecule has 0 amide bonds. The fourth-order valence-electron chi connectivity index (χ4n) is 1.50. The molecule has 2 heteroatoms. The van der Waals surface area contributed by atoms with Crippen molar-refractivity contribution in [2.75, 3.05) is 0 Å². The summed E-state index contributed by atoms with van der Waals surface area (Å²) in [6, 6.07) is 1.76. The van der Waals surface area contributed by atoms with Crippen LogP contribution in [-0.4, -0.2) is 9.97 Å². The predicted molar refractivity (Wildman–Crippen MR) is 57.9 cm³/mol. The lowest BCUT2D eigenvalue weighted by molar-refractivity contribution is 0.444. The van der Waals surface area contributed by atoms with Gasteiger partial charge in [-0.05, 0) is 12.5 Å². The van der Waals surface area contributed by atoms with Crippen LogP contribution in [0.5, 0.6) is 0 Å². The van der Waals surface area contributed by atoms with Crippen LogP contribution in [-0.2, 0) is 5.41 Å².